The maximum atomic E-state index is 12.9. The molecule has 0 amide bonds. The summed E-state index contributed by atoms with van der Waals surface area (Å²) in [6, 6.07) is 7.34. The topological polar surface area (TPSA) is 66.0 Å². The number of hydrogen-bond donors (Lipinski definition) is 1. The van der Waals surface area contributed by atoms with Crippen molar-refractivity contribution in [3.8, 4) is 23.0 Å². The van der Waals surface area contributed by atoms with Gasteiger partial charge in [0.05, 0.1) is 18.7 Å². The van der Waals surface area contributed by atoms with Crippen LogP contribution in [0, 0.1) is 0 Å². The molecule has 0 radical (unpaired) electrons. The van der Waals surface area contributed by atoms with Crippen LogP contribution in [0.2, 0.25) is 0 Å². The van der Waals surface area contributed by atoms with Crippen molar-refractivity contribution in [1.82, 2.24) is 5.32 Å². The molecule has 2 aromatic rings. The average molecular weight is 446 g/mol. The molecule has 0 spiro atoms. The number of rotatable bonds is 4. The van der Waals surface area contributed by atoms with Crippen LogP contribution in [0.1, 0.15) is 21.5 Å². The second-order valence-corrected chi connectivity index (χ2v) is 7.30. The van der Waals surface area contributed by atoms with Crippen LogP contribution in [-0.2, 0) is 6.42 Å². The van der Waals surface area contributed by atoms with E-state index in [1.54, 1.807) is 32.4 Å². The lowest BCUT2D eigenvalue weighted by molar-refractivity contribution is 0.104. The molecule has 0 unspecified atom stereocenters. The first-order chi connectivity index (χ1) is 13.6. The lowest BCUT2D eigenvalue weighted by Gasteiger charge is -2.23. The van der Waals surface area contributed by atoms with Crippen molar-refractivity contribution >= 4 is 27.4 Å². The van der Waals surface area contributed by atoms with Gasteiger partial charge >= 0.3 is 0 Å². The van der Waals surface area contributed by atoms with Crippen LogP contribution in [0.5, 0.6) is 23.0 Å². The van der Waals surface area contributed by atoms with Crippen molar-refractivity contribution in [3.05, 3.63) is 51.5 Å². The van der Waals surface area contributed by atoms with Crippen molar-refractivity contribution in [2.24, 2.45) is 0 Å². The lowest BCUT2D eigenvalue weighted by Crippen LogP contribution is -2.23. The summed E-state index contributed by atoms with van der Waals surface area (Å²) in [5.41, 5.74) is 3.34. The monoisotopic (exact) mass is 445 g/mol. The molecule has 2 heterocycles. The van der Waals surface area contributed by atoms with Crippen molar-refractivity contribution in [2.75, 3.05) is 34.0 Å². The van der Waals surface area contributed by atoms with Crippen LogP contribution < -0.4 is 24.3 Å². The van der Waals surface area contributed by atoms with Gasteiger partial charge in [-0.05, 0) is 52.2 Å². The second-order valence-electron chi connectivity index (χ2n) is 6.45. The number of allylic oxidation sites excluding steroid dienone is 1. The zero-order valence-corrected chi connectivity index (χ0v) is 17.2. The Balaban J connectivity index is 1.71. The SMILES string of the molecule is COc1cc2c(cc1OC)/C(=C/C(=O)c1cc(Br)c3c(c1)OCCO3)NCC2. The predicted molar refractivity (Wildman–Crippen MR) is 109 cm³/mol. The molecule has 1 N–H and O–H groups in total. The summed E-state index contributed by atoms with van der Waals surface area (Å²) in [5, 5.41) is 3.32. The number of fused-ring (bicyclic) bond motifs is 2. The summed E-state index contributed by atoms with van der Waals surface area (Å²) < 4.78 is 22.7. The summed E-state index contributed by atoms with van der Waals surface area (Å²) in [6.07, 6.45) is 2.46. The van der Waals surface area contributed by atoms with Crippen LogP contribution in [0.25, 0.3) is 5.70 Å². The highest BCUT2D eigenvalue weighted by atomic mass is 79.9. The van der Waals surface area contributed by atoms with Crippen LogP contribution in [-0.4, -0.2) is 39.8 Å². The minimum Gasteiger partial charge on any atom is -0.493 e. The summed E-state index contributed by atoms with van der Waals surface area (Å²) in [7, 11) is 3.22. The van der Waals surface area contributed by atoms with Gasteiger partial charge in [-0.25, -0.2) is 0 Å². The van der Waals surface area contributed by atoms with Crippen molar-refractivity contribution in [3.63, 3.8) is 0 Å². The minimum atomic E-state index is -0.122. The standard InChI is InChI=1S/C21H20BrNO5/c1-25-18-8-12-3-4-23-16(14(12)10-19(18)26-2)11-17(24)13-7-15(22)21-20(9-13)27-5-6-28-21/h7-11,23H,3-6H2,1-2H3/b16-11-. The number of carbonyl (C=O) groups is 1. The third-order valence-electron chi connectivity index (χ3n) is 4.77. The van der Waals surface area contributed by atoms with Gasteiger partial charge in [-0.3, -0.25) is 4.79 Å². The number of benzene rings is 2. The van der Waals surface area contributed by atoms with E-state index in [2.05, 4.69) is 21.2 Å². The van der Waals surface area contributed by atoms with E-state index in [-0.39, 0.29) is 5.78 Å². The largest absolute Gasteiger partial charge is 0.493 e. The van der Waals surface area contributed by atoms with Gasteiger partial charge in [-0.1, -0.05) is 0 Å². The number of halogens is 1. The first-order valence-corrected chi connectivity index (χ1v) is 9.74. The molecule has 0 saturated carbocycles. The molecule has 0 saturated heterocycles. The lowest BCUT2D eigenvalue weighted by atomic mass is 9.95. The number of ether oxygens (including phenoxy) is 4. The Hall–Kier alpha value is -2.67. The number of nitrogens with one attached hydrogen (secondary N) is 1. The highest BCUT2D eigenvalue weighted by Crippen LogP contribution is 2.39. The van der Waals surface area contributed by atoms with Gasteiger partial charge in [0.2, 0.25) is 0 Å². The zero-order valence-electron chi connectivity index (χ0n) is 15.6. The van der Waals surface area contributed by atoms with Gasteiger partial charge in [0, 0.05) is 29.4 Å². The summed E-state index contributed by atoms with van der Waals surface area (Å²) >= 11 is 3.46. The van der Waals surface area contributed by atoms with Gasteiger partial charge in [-0.2, -0.15) is 0 Å². The Kier molecular flexibility index (Phi) is 5.17. The number of carbonyl (C=O) groups excluding carboxylic acids is 1. The normalized spacial score (nSPS) is 16.2. The summed E-state index contributed by atoms with van der Waals surface area (Å²) in [5.74, 6) is 2.40. The van der Waals surface area contributed by atoms with E-state index < -0.39 is 0 Å². The summed E-state index contributed by atoms with van der Waals surface area (Å²) in [4.78, 5) is 12.9. The number of ketones is 1. The van der Waals surface area contributed by atoms with E-state index in [4.69, 9.17) is 18.9 Å². The Morgan fingerprint density at radius 2 is 1.86 bits per heavy atom. The molecule has 0 aliphatic carbocycles. The van der Waals surface area contributed by atoms with E-state index >= 15 is 0 Å². The maximum Gasteiger partial charge on any atom is 0.188 e. The van der Waals surface area contributed by atoms with E-state index in [0.29, 0.717) is 46.2 Å². The minimum absolute atomic E-state index is 0.122. The average Bonchev–Trinajstić information content (AvgIpc) is 2.72. The van der Waals surface area contributed by atoms with E-state index in [9.17, 15) is 4.79 Å². The molecule has 2 aliphatic heterocycles. The molecule has 0 fully saturated rings. The molecular weight excluding hydrogens is 426 g/mol. The van der Waals surface area contributed by atoms with Crippen molar-refractivity contribution in [2.45, 2.75) is 6.42 Å². The van der Waals surface area contributed by atoms with E-state index in [0.717, 1.165) is 29.8 Å². The molecule has 2 aromatic carbocycles. The van der Waals surface area contributed by atoms with Crippen molar-refractivity contribution in [1.29, 1.82) is 0 Å². The highest BCUT2D eigenvalue weighted by molar-refractivity contribution is 9.10. The van der Waals surface area contributed by atoms with Crippen LogP contribution >= 0.6 is 15.9 Å². The third-order valence-corrected chi connectivity index (χ3v) is 5.36. The van der Waals surface area contributed by atoms with E-state index in [1.807, 2.05) is 12.1 Å². The quantitative estimate of drug-likeness (QED) is 0.572. The Morgan fingerprint density at radius 3 is 2.64 bits per heavy atom. The Bertz CT molecular complexity index is 970. The van der Waals surface area contributed by atoms with Crippen LogP contribution in [0.15, 0.2) is 34.8 Å². The fourth-order valence-corrected chi connectivity index (χ4v) is 3.96. The van der Waals surface area contributed by atoms with E-state index in [1.165, 1.54) is 0 Å². The first-order valence-electron chi connectivity index (χ1n) is 8.95. The zero-order chi connectivity index (χ0) is 19.7. The van der Waals surface area contributed by atoms with Gasteiger partial charge in [-0.15, -0.1) is 0 Å². The smallest absolute Gasteiger partial charge is 0.188 e. The van der Waals surface area contributed by atoms with Gasteiger partial charge in [0.25, 0.3) is 0 Å². The molecule has 0 atom stereocenters. The Labute approximate surface area is 171 Å². The fraction of sp³-hybridized carbons (Fsp3) is 0.286. The molecular formula is C21H20BrNO5. The van der Waals surface area contributed by atoms with Crippen LogP contribution in [0.4, 0.5) is 0 Å². The third kappa shape index (κ3) is 3.42. The number of hydrogen-bond acceptors (Lipinski definition) is 6. The van der Waals surface area contributed by atoms with Gasteiger partial charge < -0.3 is 24.3 Å². The second kappa shape index (κ2) is 7.75. The summed E-state index contributed by atoms with van der Waals surface area (Å²) in [6.45, 7) is 1.70. The highest BCUT2D eigenvalue weighted by Gasteiger charge is 2.21. The molecule has 6 nitrogen and oxygen atoms in total. The molecule has 28 heavy (non-hydrogen) atoms. The van der Waals surface area contributed by atoms with Gasteiger partial charge in [0.15, 0.2) is 28.8 Å². The van der Waals surface area contributed by atoms with Crippen molar-refractivity contribution < 1.29 is 23.7 Å². The molecule has 2 aliphatic rings. The van der Waals surface area contributed by atoms with Gasteiger partial charge in [0.1, 0.15) is 13.2 Å². The molecule has 0 aromatic heterocycles. The van der Waals surface area contributed by atoms with Crippen LogP contribution in [0.3, 0.4) is 0 Å². The first kappa shape index (κ1) is 18.7. The predicted octanol–water partition coefficient (Wildman–Crippen LogP) is 3.61. The number of methoxy groups -OCH3 is 2. The fourth-order valence-electron chi connectivity index (χ4n) is 3.40. The molecule has 0 bridgehead atoms. The maximum absolute atomic E-state index is 12.9. The molecule has 4 rings (SSSR count). The Morgan fingerprint density at radius 1 is 1.11 bits per heavy atom. The molecule has 146 valence electrons. The molecule has 7 heteroatoms.